The zero-order valence-electron chi connectivity index (χ0n) is 66.9. The Morgan fingerprint density at radius 2 is 0.488 bits per heavy atom. The predicted molar refractivity (Wildman–Crippen MR) is 407 cm³/mol. The van der Waals surface area contributed by atoms with Crippen molar-refractivity contribution in [3.05, 3.63) is 35.9 Å². The van der Waals surface area contributed by atoms with Gasteiger partial charge in [-0.1, -0.05) is 387 Å². The van der Waals surface area contributed by atoms with Gasteiger partial charge in [-0.05, 0) is 169 Å². The van der Waals surface area contributed by atoms with Gasteiger partial charge >= 0.3 is 0 Å². The second kappa shape index (κ2) is 67.1. The molecule has 0 aromatic heterocycles. The van der Waals surface area contributed by atoms with E-state index in [0.717, 1.165) is 107 Å². The smallest absolute Gasteiger partial charge is 0.0219 e. The van der Waals surface area contributed by atoms with E-state index in [1.807, 2.05) is 117 Å². The predicted octanol–water partition coefficient (Wildman–Crippen LogP) is 31.7. The highest BCUT2D eigenvalue weighted by molar-refractivity contribution is 5.17. The summed E-state index contributed by atoms with van der Waals surface area (Å²) >= 11 is 0. The number of benzene rings is 1. The molecule has 522 valence electrons. The van der Waals surface area contributed by atoms with Crippen molar-refractivity contribution in [3.63, 3.8) is 0 Å². The highest BCUT2D eigenvalue weighted by atomic mass is 14.5. The van der Waals surface area contributed by atoms with Crippen LogP contribution in [0.25, 0.3) is 0 Å². The normalized spacial score (nSPS) is 23.1. The van der Waals surface area contributed by atoms with Crippen LogP contribution in [0.2, 0.25) is 0 Å². The van der Waals surface area contributed by atoms with Crippen molar-refractivity contribution in [1.82, 2.24) is 0 Å². The third-order valence-electron chi connectivity index (χ3n) is 20.5. The van der Waals surface area contributed by atoms with Gasteiger partial charge in [-0.15, -0.1) is 0 Å². The first-order chi connectivity index (χ1) is 41.4. The van der Waals surface area contributed by atoms with Crippen LogP contribution < -0.4 is 0 Å². The average Bonchev–Trinajstić information content (AvgIpc) is 4.19. The third kappa shape index (κ3) is 48.9. The van der Waals surface area contributed by atoms with Gasteiger partial charge in [-0.3, -0.25) is 0 Å². The van der Waals surface area contributed by atoms with Crippen LogP contribution in [0.3, 0.4) is 0 Å². The lowest BCUT2D eigenvalue weighted by molar-refractivity contribution is 0.0680. The quantitative estimate of drug-likeness (QED) is 0.228. The maximum atomic E-state index is 2.41. The second-order valence-electron chi connectivity index (χ2n) is 28.5. The van der Waals surface area contributed by atoms with Crippen molar-refractivity contribution in [3.8, 4) is 0 Å². The van der Waals surface area contributed by atoms with E-state index < -0.39 is 0 Å². The molecule has 11 rings (SSSR count). The standard InChI is InChI=1S/C11H20.C10H18.C10H20.C9H18.C9H12.C8H16.C7H14.C6H12.8C2H6/c1-8(2)11-7-9-3-5-10(11)6-4-9;1-7(2)10-6-8-3-4-9(10)5-8;1-9(2)10-7-5-3-4-6-8-10;2*1-8(2)9-6-4-3-5-7-9;1-7(2)8-5-3-4-6-8;1-6(2)7-4-3-5-7;1-5(2)6-3-4-6;8*1-2/h8-11H,3-7H2,1-2H3;7-10H,3-6H2,1-2H3;9-10H,3-8H2,1-2H3;8-9H,3-7H2,1-2H3;3-8H,1-2H3;7-8H,3-6H2,1-2H3;6-7H,3-5H2,1-2H3;5-6H,3-4H2,1-2H3;8*1-2H3. The molecule has 0 aliphatic heterocycles. The largest absolute Gasteiger partial charge is 0.0683 e. The zero-order valence-corrected chi connectivity index (χ0v) is 66.9. The maximum Gasteiger partial charge on any atom is -0.0219 e. The van der Waals surface area contributed by atoms with E-state index in [1.54, 1.807) is 57.8 Å². The number of hydrogen-bond donors (Lipinski definition) is 0. The van der Waals surface area contributed by atoms with Gasteiger partial charge in [0, 0.05) is 0 Å². The van der Waals surface area contributed by atoms with E-state index in [1.165, 1.54) is 134 Å². The van der Waals surface area contributed by atoms with E-state index in [0.29, 0.717) is 5.92 Å². The van der Waals surface area contributed by atoms with Gasteiger partial charge < -0.3 is 0 Å². The second-order valence-corrected chi connectivity index (χ2v) is 28.5. The highest BCUT2D eigenvalue weighted by Gasteiger charge is 2.40. The highest BCUT2D eigenvalue weighted by Crippen LogP contribution is 2.51. The maximum absolute atomic E-state index is 2.41. The first-order valence-corrected chi connectivity index (χ1v) is 40.4. The summed E-state index contributed by atoms with van der Waals surface area (Å²) in [7, 11) is 0. The third-order valence-corrected chi connectivity index (χ3v) is 20.5. The lowest BCUT2D eigenvalue weighted by atomic mass is 9.62. The van der Waals surface area contributed by atoms with Gasteiger partial charge in [-0.2, -0.15) is 0 Å². The molecular formula is C86H178. The summed E-state index contributed by atoms with van der Waals surface area (Å²) in [6.07, 6.45) is 43.9. The molecular weight excluding hydrogens is 1030 g/mol. The van der Waals surface area contributed by atoms with Crippen LogP contribution in [0, 0.1) is 107 Å². The lowest BCUT2D eigenvalue weighted by Gasteiger charge is -2.44. The molecule has 0 nitrogen and oxygen atoms in total. The molecule has 4 unspecified atom stereocenters. The van der Waals surface area contributed by atoms with E-state index in [2.05, 4.69) is 135 Å². The fraction of sp³-hybridized carbons (Fsp3) is 0.930. The first kappa shape index (κ1) is 96.3. The van der Waals surface area contributed by atoms with Crippen molar-refractivity contribution < 1.29 is 0 Å². The van der Waals surface area contributed by atoms with Crippen LogP contribution in [0.1, 0.15) is 419 Å². The molecule has 0 heteroatoms. The minimum absolute atomic E-state index is 0.659. The summed E-state index contributed by atoms with van der Waals surface area (Å²) in [4.78, 5) is 0. The summed E-state index contributed by atoms with van der Waals surface area (Å²) in [5, 5.41) is 0. The molecule has 10 fully saturated rings. The van der Waals surface area contributed by atoms with Gasteiger partial charge in [0.25, 0.3) is 0 Å². The van der Waals surface area contributed by atoms with Crippen LogP contribution in [0.15, 0.2) is 30.3 Å². The Balaban J connectivity index is -0.000000206. The van der Waals surface area contributed by atoms with Gasteiger partial charge in [0.2, 0.25) is 0 Å². The molecule has 86 heavy (non-hydrogen) atoms. The minimum Gasteiger partial charge on any atom is -0.0683 e. The van der Waals surface area contributed by atoms with E-state index in [4.69, 9.17) is 0 Å². The molecule has 4 atom stereocenters. The Kier molecular flexibility index (Phi) is 75.2. The molecule has 0 N–H and O–H groups in total. The fourth-order valence-corrected chi connectivity index (χ4v) is 14.5. The Hall–Kier alpha value is -0.780. The van der Waals surface area contributed by atoms with Gasteiger partial charge in [0.05, 0.1) is 0 Å². The first-order valence-electron chi connectivity index (χ1n) is 40.4. The van der Waals surface area contributed by atoms with Crippen molar-refractivity contribution >= 4 is 0 Å². The molecule has 1 aromatic carbocycles. The monoisotopic (exact) mass is 1210 g/mol. The molecule has 0 saturated heterocycles. The molecule has 10 saturated carbocycles. The number of fused-ring (bicyclic) bond motifs is 5. The summed E-state index contributed by atoms with van der Waals surface area (Å²) in [5.74, 6) is 19.3. The molecule has 0 radical (unpaired) electrons. The van der Waals surface area contributed by atoms with Gasteiger partial charge in [0.1, 0.15) is 0 Å². The molecule has 0 spiro atoms. The SMILES string of the molecule is CC.CC.CC.CC.CC.CC.CC.CC.CC(C)C1CC1.CC(C)C1CC2CCC1C2.CC(C)C1CC2CCC1CC2.CC(C)C1CCC1.CC(C)C1CCCC1.CC(C)C1CCCCC1.CC(C)C1CCCCCC1.CC(C)c1ccccc1. The molecule has 10 aliphatic carbocycles. The van der Waals surface area contributed by atoms with Crippen LogP contribution in [-0.4, -0.2) is 0 Å². The molecule has 1 aromatic rings. The van der Waals surface area contributed by atoms with Gasteiger partial charge in [0.15, 0.2) is 0 Å². The lowest BCUT2D eigenvalue weighted by Crippen LogP contribution is -2.33. The molecule has 0 heterocycles. The summed E-state index contributed by atoms with van der Waals surface area (Å²) in [6.45, 7) is 69.4. The van der Waals surface area contributed by atoms with Crippen LogP contribution in [0.5, 0.6) is 0 Å². The average molecular weight is 1210 g/mol. The van der Waals surface area contributed by atoms with E-state index in [9.17, 15) is 0 Å². The Morgan fingerprint density at radius 1 is 0.233 bits per heavy atom. The van der Waals surface area contributed by atoms with Crippen LogP contribution in [0.4, 0.5) is 0 Å². The minimum atomic E-state index is 0.659. The Morgan fingerprint density at radius 3 is 0.663 bits per heavy atom. The summed E-state index contributed by atoms with van der Waals surface area (Å²) in [6, 6.07) is 10.5. The van der Waals surface area contributed by atoms with Crippen LogP contribution >= 0.6 is 0 Å². The van der Waals surface area contributed by atoms with Crippen molar-refractivity contribution in [2.45, 2.75) is 414 Å². The van der Waals surface area contributed by atoms with Crippen molar-refractivity contribution in [2.24, 2.45) is 107 Å². The number of rotatable bonds is 8. The summed E-state index contributed by atoms with van der Waals surface area (Å²) in [5.41, 5.74) is 1.41. The van der Waals surface area contributed by atoms with Crippen molar-refractivity contribution in [2.75, 3.05) is 0 Å². The van der Waals surface area contributed by atoms with Crippen LogP contribution in [-0.2, 0) is 0 Å². The number of hydrogen-bond acceptors (Lipinski definition) is 0. The van der Waals surface area contributed by atoms with Crippen molar-refractivity contribution in [1.29, 1.82) is 0 Å². The Bertz CT molecular complexity index is 1330. The van der Waals surface area contributed by atoms with E-state index in [-0.39, 0.29) is 0 Å². The fourth-order valence-electron chi connectivity index (χ4n) is 14.5. The van der Waals surface area contributed by atoms with Gasteiger partial charge in [-0.25, -0.2) is 0 Å². The topological polar surface area (TPSA) is 0 Å². The zero-order chi connectivity index (χ0) is 67.6. The molecule has 4 bridgehead atoms. The van der Waals surface area contributed by atoms with E-state index >= 15 is 0 Å². The Labute approximate surface area is 553 Å². The molecule has 10 aliphatic rings. The molecule has 0 amide bonds. The summed E-state index contributed by atoms with van der Waals surface area (Å²) < 4.78 is 0.